The van der Waals surface area contributed by atoms with E-state index in [-0.39, 0.29) is 11.9 Å². The highest BCUT2D eigenvalue weighted by atomic mass is 16.5. The molecule has 0 aliphatic carbocycles. The number of ether oxygens (including phenoxy) is 2. The molecule has 1 aromatic carbocycles. The first-order valence-corrected chi connectivity index (χ1v) is 9.02. The number of fused-ring (bicyclic) bond motifs is 2. The minimum Gasteiger partial charge on any atom is -0.476 e. The second-order valence-electron chi connectivity index (χ2n) is 6.54. The second-order valence-corrected chi connectivity index (χ2v) is 6.54. The lowest BCUT2D eigenvalue weighted by Crippen LogP contribution is -2.27. The molecule has 1 atom stereocenters. The van der Waals surface area contributed by atoms with Gasteiger partial charge in [0.1, 0.15) is 12.4 Å². The van der Waals surface area contributed by atoms with Crippen LogP contribution in [0, 0.1) is 0 Å². The Bertz CT molecular complexity index is 1010. The predicted octanol–water partition coefficient (Wildman–Crippen LogP) is 1.41. The fraction of sp³-hybridized carbons (Fsp3) is 0.368. The van der Waals surface area contributed by atoms with Gasteiger partial charge in [-0.3, -0.25) is 4.98 Å². The largest absolute Gasteiger partial charge is 0.476 e. The normalized spacial score (nSPS) is 16.7. The van der Waals surface area contributed by atoms with Crippen molar-refractivity contribution in [3.8, 4) is 5.88 Å². The monoisotopic (exact) mass is 369 g/mol. The highest BCUT2D eigenvalue weighted by Crippen LogP contribution is 2.35. The fourth-order valence-corrected chi connectivity index (χ4v) is 3.66. The number of rotatable bonds is 5. The van der Waals surface area contributed by atoms with Crippen molar-refractivity contribution in [2.24, 2.45) is 0 Å². The van der Waals surface area contributed by atoms with Crippen LogP contribution < -0.4 is 21.5 Å². The summed E-state index contributed by atoms with van der Waals surface area (Å²) in [5.74, 6) is 0.568. The molecule has 4 rings (SSSR count). The molecule has 0 spiro atoms. The first-order valence-electron chi connectivity index (χ1n) is 9.02. The molecule has 0 radical (unpaired) electrons. The molecule has 8 nitrogen and oxygen atoms in total. The van der Waals surface area contributed by atoms with Gasteiger partial charge in [-0.15, -0.1) is 0 Å². The summed E-state index contributed by atoms with van der Waals surface area (Å²) in [6.07, 6.45) is 0.887. The van der Waals surface area contributed by atoms with Crippen molar-refractivity contribution in [2.75, 3.05) is 32.6 Å². The van der Waals surface area contributed by atoms with Gasteiger partial charge in [-0.2, -0.15) is 4.98 Å². The molecule has 142 valence electrons. The highest BCUT2D eigenvalue weighted by Gasteiger charge is 2.28. The van der Waals surface area contributed by atoms with Crippen LogP contribution >= 0.6 is 0 Å². The van der Waals surface area contributed by atoms with E-state index in [1.165, 1.54) is 0 Å². The third-order valence-electron chi connectivity index (χ3n) is 4.81. The maximum absolute atomic E-state index is 11.7. The lowest BCUT2D eigenvalue weighted by molar-refractivity contribution is 0.190. The smallest absolute Gasteiger partial charge is 0.349 e. The third kappa shape index (κ3) is 3.29. The van der Waals surface area contributed by atoms with Gasteiger partial charge in [0.2, 0.25) is 5.88 Å². The van der Waals surface area contributed by atoms with E-state index in [9.17, 15) is 4.79 Å². The number of H-pyrrole nitrogens is 1. The summed E-state index contributed by atoms with van der Waals surface area (Å²) in [4.78, 5) is 18.3. The predicted molar refractivity (Wildman–Crippen MR) is 103 cm³/mol. The van der Waals surface area contributed by atoms with E-state index >= 15 is 0 Å². The molecule has 3 aromatic rings. The second kappa shape index (κ2) is 7.42. The van der Waals surface area contributed by atoms with E-state index in [1.807, 2.05) is 12.1 Å². The average molecular weight is 369 g/mol. The van der Waals surface area contributed by atoms with E-state index < -0.39 is 5.69 Å². The lowest BCUT2D eigenvalue weighted by atomic mass is 10.0. The number of nitrogen functional groups attached to an aromatic ring is 1. The zero-order chi connectivity index (χ0) is 18.8. The molecule has 1 aliphatic heterocycles. The number of benzene rings is 1. The van der Waals surface area contributed by atoms with E-state index in [0.717, 1.165) is 29.6 Å². The van der Waals surface area contributed by atoms with Crippen molar-refractivity contribution < 1.29 is 9.47 Å². The van der Waals surface area contributed by atoms with Gasteiger partial charge in [0.25, 0.3) is 0 Å². The first kappa shape index (κ1) is 17.6. The van der Waals surface area contributed by atoms with Crippen LogP contribution in [-0.2, 0) is 11.3 Å². The Morgan fingerprint density at radius 1 is 1.41 bits per heavy atom. The standard InChI is InChI=1S/C19H23N5O3/c1-26-9-4-8-24-13-6-3-2-5-12(13)11-14(24)16-15-17(20)22-19(25)23-18(15)27-10-7-21-16/h2-3,5-6,11,16,21H,4,7-10H2,1H3,(H3,20,22,23,25). The van der Waals surface area contributed by atoms with Gasteiger partial charge in [-0.1, -0.05) is 18.2 Å². The Balaban J connectivity index is 1.87. The average Bonchev–Trinajstić information content (AvgIpc) is 2.87. The van der Waals surface area contributed by atoms with Crippen LogP contribution in [-0.4, -0.2) is 41.4 Å². The van der Waals surface area contributed by atoms with Crippen molar-refractivity contribution in [1.82, 2.24) is 19.9 Å². The molecular formula is C19H23N5O3. The van der Waals surface area contributed by atoms with Crippen molar-refractivity contribution >= 4 is 16.7 Å². The van der Waals surface area contributed by atoms with Crippen LogP contribution in [0.2, 0.25) is 0 Å². The van der Waals surface area contributed by atoms with Gasteiger partial charge in [0, 0.05) is 38.0 Å². The van der Waals surface area contributed by atoms with Crippen LogP contribution in [0.4, 0.5) is 5.82 Å². The molecule has 0 bridgehead atoms. The van der Waals surface area contributed by atoms with Gasteiger partial charge < -0.3 is 25.1 Å². The summed E-state index contributed by atoms with van der Waals surface area (Å²) in [5.41, 5.74) is 8.52. The maximum Gasteiger partial charge on any atom is 0.349 e. The molecular weight excluding hydrogens is 346 g/mol. The molecule has 4 N–H and O–H groups in total. The number of hydrogen-bond donors (Lipinski definition) is 3. The zero-order valence-corrected chi connectivity index (χ0v) is 15.2. The van der Waals surface area contributed by atoms with Crippen molar-refractivity contribution in [3.63, 3.8) is 0 Å². The highest BCUT2D eigenvalue weighted by molar-refractivity contribution is 5.81. The summed E-state index contributed by atoms with van der Waals surface area (Å²) < 4.78 is 13.2. The van der Waals surface area contributed by atoms with Gasteiger partial charge >= 0.3 is 5.69 Å². The SMILES string of the molecule is COCCCn1c(C2NCCOc3nc(=O)[nH]c(N)c32)cc2ccccc21. The third-order valence-corrected chi connectivity index (χ3v) is 4.81. The number of nitrogens with two attached hydrogens (primary N) is 1. The van der Waals surface area contributed by atoms with E-state index in [4.69, 9.17) is 15.2 Å². The van der Waals surface area contributed by atoms with Crippen molar-refractivity contribution in [1.29, 1.82) is 0 Å². The summed E-state index contributed by atoms with van der Waals surface area (Å²) in [6.45, 7) is 2.53. The van der Waals surface area contributed by atoms with Crippen LogP contribution in [0.1, 0.15) is 23.7 Å². The van der Waals surface area contributed by atoms with Crippen LogP contribution in [0.3, 0.4) is 0 Å². The molecule has 0 saturated carbocycles. The maximum atomic E-state index is 11.7. The molecule has 1 unspecified atom stereocenters. The molecule has 2 aromatic heterocycles. The number of nitrogens with one attached hydrogen (secondary N) is 2. The van der Waals surface area contributed by atoms with Crippen LogP contribution in [0.5, 0.6) is 5.88 Å². The Kier molecular flexibility index (Phi) is 4.83. The number of anilines is 1. The summed E-state index contributed by atoms with van der Waals surface area (Å²) in [5, 5.41) is 4.63. The van der Waals surface area contributed by atoms with Crippen LogP contribution in [0.15, 0.2) is 35.1 Å². The summed E-state index contributed by atoms with van der Waals surface area (Å²) in [6, 6.07) is 10.2. The van der Waals surface area contributed by atoms with Gasteiger partial charge in [0.05, 0.1) is 11.6 Å². The molecule has 27 heavy (non-hydrogen) atoms. The van der Waals surface area contributed by atoms with Gasteiger partial charge in [-0.25, -0.2) is 4.79 Å². The topological polar surface area (TPSA) is 107 Å². The van der Waals surface area contributed by atoms with Crippen LogP contribution in [0.25, 0.3) is 10.9 Å². The van der Waals surface area contributed by atoms with Crippen molar-refractivity contribution in [3.05, 3.63) is 52.1 Å². The van der Waals surface area contributed by atoms with Gasteiger partial charge in [-0.05, 0) is 23.9 Å². The Labute approximate surface area is 156 Å². The number of para-hydroxylation sites is 1. The van der Waals surface area contributed by atoms with E-state index in [2.05, 4.69) is 38.1 Å². The summed E-state index contributed by atoms with van der Waals surface area (Å²) in [7, 11) is 1.71. The van der Waals surface area contributed by atoms with Crippen molar-refractivity contribution in [2.45, 2.75) is 19.0 Å². The van der Waals surface area contributed by atoms with E-state index in [1.54, 1.807) is 7.11 Å². The lowest BCUT2D eigenvalue weighted by Gasteiger charge is -2.21. The Morgan fingerprint density at radius 3 is 3.11 bits per heavy atom. The number of hydrogen-bond acceptors (Lipinski definition) is 6. The number of aromatic nitrogens is 3. The molecule has 1 aliphatic rings. The molecule has 3 heterocycles. The zero-order valence-electron chi connectivity index (χ0n) is 15.2. The quantitative estimate of drug-likeness (QED) is 0.587. The fourth-order valence-electron chi connectivity index (χ4n) is 3.66. The van der Waals surface area contributed by atoms with Gasteiger partial charge in [0.15, 0.2) is 0 Å². The molecule has 0 saturated heterocycles. The number of nitrogens with zero attached hydrogens (tertiary/aromatic N) is 2. The molecule has 0 fully saturated rings. The Morgan fingerprint density at radius 2 is 2.26 bits per heavy atom. The number of methoxy groups -OCH3 is 1. The minimum absolute atomic E-state index is 0.234. The summed E-state index contributed by atoms with van der Waals surface area (Å²) >= 11 is 0. The number of aryl methyl sites for hydroxylation is 1. The first-order chi connectivity index (χ1) is 13.2. The molecule has 0 amide bonds. The molecule has 8 heteroatoms. The number of aromatic amines is 1. The minimum atomic E-state index is -0.507. The Hall–Kier alpha value is -2.84. The van der Waals surface area contributed by atoms with E-state index in [0.29, 0.717) is 31.2 Å².